The number of hydrogen-bond acceptors (Lipinski definition) is 4. The van der Waals surface area contributed by atoms with E-state index in [1.165, 1.54) is 0 Å². The van der Waals surface area contributed by atoms with Gasteiger partial charge in [0, 0.05) is 30.1 Å². The molecule has 6 heteroatoms. The van der Waals surface area contributed by atoms with Crippen LogP contribution in [0, 0.1) is 5.41 Å². The highest BCUT2D eigenvalue weighted by atomic mass is 35.5. The van der Waals surface area contributed by atoms with Gasteiger partial charge >= 0.3 is 0 Å². The van der Waals surface area contributed by atoms with Crippen LogP contribution in [0.4, 0.5) is 0 Å². The van der Waals surface area contributed by atoms with Gasteiger partial charge in [-0.15, -0.1) is 5.10 Å². The molecule has 0 amide bonds. The van der Waals surface area contributed by atoms with Crippen LogP contribution in [-0.2, 0) is 6.54 Å². The van der Waals surface area contributed by atoms with Crippen molar-refractivity contribution in [1.82, 2.24) is 19.9 Å². The van der Waals surface area contributed by atoms with Gasteiger partial charge in [0.1, 0.15) is 0 Å². The lowest BCUT2D eigenvalue weighted by Crippen LogP contribution is -2.43. The summed E-state index contributed by atoms with van der Waals surface area (Å²) in [4.78, 5) is 2.34. The number of halogens is 1. The quantitative estimate of drug-likeness (QED) is 0.940. The molecular weight excluding hydrogens is 300 g/mol. The minimum atomic E-state index is 0.00439. The smallest absolute Gasteiger partial charge is 0.0971 e. The summed E-state index contributed by atoms with van der Waals surface area (Å²) in [6.07, 6.45) is 4.15. The average molecular weight is 321 g/mol. The third-order valence-corrected chi connectivity index (χ3v) is 4.51. The van der Waals surface area contributed by atoms with Gasteiger partial charge in [-0.1, -0.05) is 23.7 Å². The number of rotatable bonds is 4. The van der Waals surface area contributed by atoms with Gasteiger partial charge in [-0.2, -0.15) is 0 Å². The van der Waals surface area contributed by atoms with E-state index in [9.17, 15) is 5.11 Å². The van der Waals surface area contributed by atoms with Gasteiger partial charge in [0.05, 0.1) is 17.6 Å². The molecule has 1 unspecified atom stereocenters. The minimum Gasteiger partial charge on any atom is -0.396 e. The van der Waals surface area contributed by atoms with Crippen LogP contribution in [-0.4, -0.2) is 44.7 Å². The lowest BCUT2D eigenvalue weighted by atomic mass is 9.83. The molecule has 1 N–H and O–H groups in total. The zero-order valence-electron chi connectivity index (χ0n) is 12.7. The maximum atomic E-state index is 9.54. The number of aromatic nitrogens is 3. The molecule has 3 rings (SSSR count). The van der Waals surface area contributed by atoms with Crippen molar-refractivity contribution in [3.63, 3.8) is 0 Å². The van der Waals surface area contributed by atoms with Gasteiger partial charge in [-0.25, -0.2) is 4.68 Å². The Morgan fingerprint density at radius 1 is 1.32 bits per heavy atom. The van der Waals surface area contributed by atoms with Gasteiger partial charge in [-0.3, -0.25) is 4.90 Å². The molecule has 22 heavy (non-hydrogen) atoms. The predicted octanol–water partition coefficient (Wildman–Crippen LogP) is 2.52. The topological polar surface area (TPSA) is 54.2 Å². The fraction of sp³-hybridized carbons (Fsp3) is 0.500. The predicted molar refractivity (Wildman–Crippen MR) is 86.1 cm³/mol. The van der Waals surface area contributed by atoms with Crippen LogP contribution < -0.4 is 0 Å². The van der Waals surface area contributed by atoms with Crippen molar-refractivity contribution in [2.24, 2.45) is 5.41 Å². The van der Waals surface area contributed by atoms with Gasteiger partial charge in [0.15, 0.2) is 0 Å². The Morgan fingerprint density at radius 3 is 2.82 bits per heavy atom. The lowest BCUT2D eigenvalue weighted by molar-refractivity contribution is 0.0423. The zero-order chi connectivity index (χ0) is 15.6. The summed E-state index contributed by atoms with van der Waals surface area (Å²) >= 11 is 5.90. The monoisotopic (exact) mass is 320 g/mol. The second kappa shape index (κ2) is 6.36. The van der Waals surface area contributed by atoms with E-state index in [1.807, 2.05) is 30.5 Å². The summed E-state index contributed by atoms with van der Waals surface area (Å²) in [6, 6.07) is 7.53. The Balaban J connectivity index is 1.68. The molecule has 0 saturated carbocycles. The van der Waals surface area contributed by atoms with E-state index in [0.29, 0.717) is 5.02 Å². The van der Waals surface area contributed by atoms with E-state index in [2.05, 4.69) is 22.1 Å². The molecule has 0 spiro atoms. The van der Waals surface area contributed by atoms with Gasteiger partial charge < -0.3 is 5.11 Å². The van der Waals surface area contributed by atoms with E-state index >= 15 is 0 Å². The van der Waals surface area contributed by atoms with Crippen molar-refractivity contribution in [3.8, 4) is 5.69 Å². The molecule has 5 nitrogen and oxygen atoms in total. The minimum absolute atomic E-state index is 0.00439. The molecule has 0 radical (unpaired) electrons. The number of benzene rings is 1. The molecule has 2 aromatic rings. The van der Waals surface area contributed by atoms with E-state index in [0.717, 1.165) is 43.9 Å². The standard InChI is InChI=1S/C16H21ClN4O/c1-16(12-22)7-2-8-20(11-16)9-14-10-21(19-18-14)15-5-3-13(17)4-6-15/h3-6,10,22H,2,7-9,11-12H2,1H3. The van der Waals surface area contributed by atoms with Crippen LogP contribution in [0.3, 0.4) is 0 Å². The molecular formula is C16H21ClN4O. The van der Waals surface area contributed by atoms with Gasteiger partial charge in [0.2, 0.25) is 0 Å². The summed E-state index contributed by atoms with van der Waals surface area (Å²) in [7, 11) is 0. The fourth-order valence-corrected chi connectivity index (χ4v) is 3.14. The highest BCUT2D eigenvalue weighted by molar-refractivity contribution is 6.30. The van der Waals surface area contributed by atoms with Crippen LogP contribution in [0.25, 0.3) is 5.69 Å². The number of nitrogens with zero attached hydrogens (tertiary/aromatic N) is 4. The van der Waals surface area contributed by atoms with Crippen LogP contribution in [0.1, 0.15) is 25.5 Å². The van der Waals surface area contributed by atoms with Gasteiger partial charge in [0.25, 0.3) is 0 Å². The number of aliphatic hydroxyl groups excluding tert-OH is 1. The van der Waals surface area contributed by atoms with Crippen molar-refractivity contribution in [2.45, 2.75) is 26.3 Å². The average Bonchev–Trinajstić information content (AvgIpc) is 2.96. The SMILES string of the molecule is CC1(CO)CCCN(Cc2cn(-c3ccc(Cl)cc3)nn2)C1. The van der Waals surface area contributed by atoms with Crippen LogP contribution in [0.15, 0.2) is 30.5 Å². The molecule has 1 aliphatic rings. The number of piperidine rings is 1. The van der Waals surface area contributed by atoms with Crippen molar-refractivity contribution >= 4 is 11.6 Å². The molecule has 0 bridgehead atoms. The fourth-order valence-electron chi connectivity index (χ4n) is 3.01. The van der Waals surface area contributed by atoms with E-state index in [-0.39, 0.29) is 12.0 Å². The summed E-state index contributed by atoms with van der Waals surface area (Å²) in [6.45, 7) is 5.09. The highest BCUT2D eigenvalue weighted by Gasteiger charge is 2.30. The van der Waals surface area contributed by atoms with Crippen molar-refractivity contribution in [3.05, 3.63) is 41.2 Å². The van der Waals surface area contributed by atoms with Crippen molar-refractivity contribution in [1.29, 1.82) is 0 Å². The Hall–Kier alpha value is -1.43. The first-order valence-electron chi connectivity index (χ1n) is 7.58. The molecule has 0 aliphatic carbocycles. The zero-order valence-corrected chi connectivity index (χ0v) is 13.5. The van der Waals surface area contributed by atoms with E-state index in [4.69, 9.17) is 11.6 Å². The second-order valence-corrected chi connectivity index (χ2v) is 6.85. The first-order valence-corrected chi connectivity index (χ1v) is 7.96. The van der Waals surface area contributed by atoms with Crippen LogP contribution >= 0.6 is 11.6 Å². The maximum absolute atomic E-state index is 9.54. The normalized spacial score (nSPS) is 22.9. The molecule has 2 heterocycles. The Morgan fingerprint density at radius 2 is 2.09 bits per heavy atom. The molecule has 1 aromatic heterocycles. The number of hydrogen-bond donors (Lipinski definition) is 1. The van der Waals surface area contributed by atoms with Crippen molar-refractivity contribution < 1.29 is 5.11 Å². The molecule has 1 aromatic carbocycles. The summed E-state index contributed by atoms with van der Waals surface area (Å²) in [5, 5.41) is 18.7. The number of aliphatic hydroxyl groups is 1. The molecule has 1 aliphatic heterocycles. The molecule has 1 atom stereocenters. The van der Waals surface area contributed by atoms with E-state index < -0.39 is 0 Å². The van der Waals surface area contributed by atoms with E-state index in [1.54, 1.807) is 4.68 Å². The summed E-state index contributed by atoms with van der Waals surface area (Å²) in [5.41, 5.74) is 1.89. The van der Waals surface area contributed by atoms with Crippen LogP contribution in [0.5, 0.6) is 0 Å². The lowest BCUT2D eigenvalue weighted by Gasteiger charge is -2.38. The first kappa shape index (κ1) is 15.5. The Bertz CT molecular complexity index is 627. The molecule has 1 saturated heterocycles. The largest absolute Gasteiger partial charge is 0.396 e. The highest BCUT2D eigenvalue weighted by Crippen LogP contribution is 2.29. The first-order chi connectivity index (χ1) is 10.6. The Labute approximate surface area is 135 Å². The van der Waals surface area contributed by atoms with Crippen LogP contribution in [0.2, 0.25) is 5.02 Å². The number of likely N-dealkylation sites (tertiary alicyclic amines) is 1. The maximum Gasteiger partial charge on any atom is 0.0971 e. The summed E-state index contributed by atoms with van der Waals surface area (Å²) in [5.74, 6) is 0. The van der Waals surface area contributed by atoms with Crippen molar-refractivity contribution in [2.75, 3.05) is 19.7 Å². The third kappa shape index (κ3) is 3.48. The van der Waals surface area contributed by atoms with Gasteiger partial charge in [-0.05, 0) is 43.7 Å². The summed E-state index contributed by atoms with van der Waals surface area (Å²) < 4.78 is 1.76. The Kier molecular flexibility index (Phi) is 4.47. The molecule has 1 fully saturated rings. The molecule has 118 valence electrons. The second-order valence-electron chi connectivity index (χ2n) is 6.41. The third-order valence-electron chi connectivity index (χ3n) is 4.26.